The first-order valence-electron chi connectivity index (χ1n) is 9.85. The lowest BCUT2D eigenvalue weighted by atomic mass is 10.3. The number of para-hydroxylation sites is 2. The number of hydrogen-bond donors (Lipinski definition) is 1. The third kappa shape index (κ3) is 4.05. The molecule has 0 bridgehead atoms. The number of urea groups is 1. The molecule has 1 saturated heterocycles. The van der Waals surface area contributed by atoms with Crippen molar-refractivity contribution in [2.24, 2.45) is 0 Å². The molecule has 1 fully saturated rings. The number of methoxy groups -OCH3 is 1. The van der Waals surface area contributed by atoms with Gasteiger partial charge in [-0.15, -0.1) is 0 Å². The maximum absolute atomic E-state index is 12.7. The number of benzene rings is 1. The molecule has 1 aliphatic heterocycles. The van der Waals surface area contributed by atoms with Crippen molar-refractivity contribution in [1.29, 1.82) is 0 Å². The van der Waals surface area contributed by atoms with Crippen LogP contribution in [-0.4, -0.2) is 64.0 Å². The monoisotopic (exact) mass is 407 g/mol. The van der Waals surface area contributed by atoms with Crippen molar-refractivity contribution in [3.8, 4) is 11.6 Å². The van der Waals surface area contributed by atoms with Crippen molar-refractivity contribution in [3.05, 3.63) is 54.1 Å². The summed E-state index contributed by atoms with van der Waals surface area (Å²) in [5, 5.41) is 7.42. The summed E-state index contributed by atoms with van der Waals surface area (Å²) in [4.78, 5) is 25.4. The number of hydrogen-bond acceptors (Lipinski definition) is 6. The molecule has 3 heterocycles. The van der Waals surface area contributed by atoms with Gasteiger partial charge < -0.3 is 19.9 Å². The number of carbonyl (C=O) groups is 1. The van der Waals surface area contributed by atoms with Crippen molar-refractivity contribution in [3.63, 3.8) is 0 Å². The molecule has 156 valence electrons. The van der Waals surface area contributed by atoms with Crippen LogP contribution in [0.2, 0.25) is 0 Å². The van der Waals surface area contributed by atoms with Crippen molar-refractivity contribution < 1.29 is 9.53 Å². The summed E-state index contributed by atoms with van der Waals surface area (Å²) < 4.78 is 7.12. The van der Waals surface area contributed by atoms with Gasteiger partial charge in [-0.2, -0.15) is 5.10 Å². The van der Waals surface area contributed by atoms with Gasteiger partial charge in [0.1, 0.15) is 17.9 Å². The van der Waals surface area contributed by atoms with Gasteiger partial charge >= 0.3 is 6.03 Å². The van der Waals surface area contributed by atoms with E-state index in [-0.39, 0.29) is 6.03 Å². The van der Waals surface area contributed by atoms with Crippen molar-refractivity contribution in [2.45, 2.75) is 13.8 Å². The molecule has 0 radical (unpaired) electrons. The Kier molecular flexibility index (Phi) is 5.51. The van der Waals surface area contributed by atoms with Crippen LogP contribution in [0.25, 0.3) is 5.82 Å². The van der Waals surface area contributed by atoms with Crippen molar-refractivity contribution in [2.75, 3.05) is 43.5 Å². The average Bonchev–Trinajstić information content (AvgIpc) is 3.12. The smallest absolute Gasteiger partial charge is 0.322 e. The van der Waals surface area contributed by atoms with E-state index in [1.807, 2.05) is 54.9 Å². The summed E-state index contributed by atoms with van der Waals surface area (Å²) in [5.41, 5.74) is 2.63. The Bertz CT molecular complexity index is 1040. The summed E-state index contributed by atoms with van der Waals surface area (Å²) >= 11 is 0. The first-order chi connectivity index (χ1) is 14.5. The van der Waals surface area contributed by atoms with Gasteiger partial charge in [0.05, 0.1) is 18.5 Å². The molecular formula is C21H25N7O2. The van der Waals surface area contributed by atoms with Crippen LogP contribution in [0.5, 0.6) is 5.75 Å². The van der Waals surface area contributed by atoms with E-state index in [2.05, 4.69) is 25.3 Å². The van der Waals surface area contributed by atoms with Crippen molar-refractivity contribution >= 4 is 17.5 Å². The lowest BCUT2D eigenvalue weighted by molar-refractivity contribution is 0.208. The fourth-order valence-electron chi connectivity index (χ4n) is 3.57. The number of piperazine rings is 1. The first kappa shape index (κ1) is 19.7. The van der Waals surface area contributed by atoms with Crippen LogP contribution in [-0.2, 0) is 0 Å². The molecule has 9 nitrogen and oxygen atoms in total. The molecule has 1 N–H and O–H groups in total. The minimum Gasteiger partial charge on any atom is -0.495 e. The normalized spacial score (nSPS) is 14.0. The highest BCUT2D eigenvalue weighted by atomic mass is 16.5. The molecule has 0 spiro atoms. The number of nitrogens with one attached hydrogen (secondary N) is 1. The predicted octanol–water partition coefficient (Wildman–Crippen LogP) is 2.64. The van der Waals surface area contributed by atoms with E-state index >= 15 is 0 Å². The average molecular weight is 407 g/mol. The summed E-state index contributed by atoms with van der Waals surface area (Å²) in [6.07, 6.45) is 1.56. The van der Waals surface area contributed by atoms with E-state index in [0.717, 1.165) is 23.0 Å². The molecule has 30 heavy (non-hydrogen) atoms. The Morgan fingerprint density at radius 3 is 2.47 bits per heavy atom. The lowest BCUT2D eigenvalue weighted by Crippen LogP contribution is -2.50. The van der Waals surface area contributed by atoms with Crippen LogP contribution < -0.4 is 15.0 Å². The zero-order chi connectivity index (χ0) is 21.1. The number of nitrogens with zero attached hydrogens (tertiary/aromatic N) is 6. The van der Waals surface area contributed by atoms with E-state index in [9.17, 15) is 4.79 Å². The Morgan fingerprint density at radius 1 is 1.03 bits per heavy atom. The molecule has 4 rings (SSSR count). The molecule has 0 unspecified atom stereocenters. The van der Waals surface area contributed by atoms with Crippen LogP contribution in [0.1, 0.15) is 11.4 Å². The fraction of sp³-hybridized carbons (Fsp3) is 0.333. The van der Waals surface area contributed by atoms with Gasteiger partial charge in [-0.05, 0) is 32.0 Å². The summed E-state index contributed by atoms with van der Waals surface area (Å²) in [7, 11) is 1.59. The van der Waals surface area contributed by atoms with Gasteiger partial charge in [0.25, 0.3) is 0 Å². The molecule has 1 aromatic carbocycles. The predicted molar refractivity (Wildman–Crippen MR) is 114 cm³/mol. The zero-order valence-corrected chi connectivity index (χ0v) is 17.4. The maximum atomic E-state index is 12.7. The van der Waals surface area contributed by atoms with Gasteiger partial charge in [-0.1, -0.05) is 12.1 Å². The van der Waals surface area contributed by atoms with Crippen LogP contribution in [0.3, 0.4) is 0 Å². The fourth-order valence-corrected chi connectivity index (χ4v) is 3.57. The second-order valence-electron chi connectivity index (χ2n) is 7.18. The lowest BCUT2D eigenvalue weighted by Gasteiger charge is -2.35. The summed E-state index contributed by atoms with van der Waals surface area (Å²) in [5.74, 6) is 2.21. The highest BCUT2D eigenvalue weighted by molar-refractivity contribution is 5.91. The Labute approximate surface area is 175 Å². The SMILES string of the molecule is COc1ccccc1NC(=O)N1CCN(c2cc(-n3nc(C)cc3C)ncn2)CC1. The minimum atomic E-state index is -0.134. The van der Waals surface area contributed by atoms with E-state index in [1.165, 1.54) is 0 Å². The molecule has 0 aliphatic carbocycles. The second-order valence-corrected chi connectivity index (χ2v) is 7.18. The van der Waals surface area contributed by atoms with Gasteiger partial charge in [-0.25, -0.2) is 19.4 Å². The summed E-state index contributed by atoms with van der Waals surface area (Å²) in [6.45, 7) is 6.53. The number of rotatable bonds is 4. The largest absolute Gasteiger partial charge is 0.495 e. The maximum Gasteiger partial charge on any atom is 0.322 e. The molecule has 2 amide bonds. The molecule has 1 aliphatic rings. The zero-order valence-electron chi connectivity index (χ0n) is 17.4. The third-order valence-corrected chi connectivity index (χ3v) is 5.10. The van der Waals surface area contributed by atoms with Crippen LogP contribution >= 0.6 is 0 Å². The van der Waals surface area contributed by atoms with E-state index < -0.39 is 0 Å². The third-order valence-electron chi connectivity index (χ3n) is 5.10. The van der Waals surface area contributed by atoms with Gasteiger partial charge in [-0.3, -0.25) is 0 Å². The molecule has 0 atom stereocenters. The molecule has 9 heteroatoms. The number of ether oxygens (including phenoxy) is 1. The number of anilines is 2. The number of aryl methyl sites for hydroxylation is 2. The molecule has 2 aromatic heterocycles. The standard InChI is InChI=1S/C21H25N7O2/c1-15-12-16(2)28(25-15)20-13-19(22-14-23-20)26-8-10-27(11-9-26)21(29)24-17-6-4-5-7-18(17)30-3/h4-7,12-14H,8-11H2,1-3H3,(H,24,29). The molecular weight excluding hydrogens is 382 g/mol. The number of amides is 2. The number of aromatic nitrogens is 4. The molecule has 3 aromatic rings. The molecule has 0 saturated carbocycles. The Balaban J connectivity index is 1.40. The quantitative estimate of drug-likeness (QED) is 0.715. The van der Waals surface area contributed by atoms with Crippen LogP contribution in [0, 0.1) is 13.8 Å². The van der Waals surface area contributed by atoms with E-state index in [1.54, 1.807) is 18.3 Å². The topological polar surface area (TPSA) is 88.4 Å². The van der Waals surface area contributed by atoms with Gasteiger partial charge in [0.2, 0.25) is 0 Å². The van der Waals surface area contributed by atoms with Gasteiger partial charge in [0, 0.05) is 37.9 Å². The second kappa shape index (κ2) is 8.40. The highest BCUT2D eigenvalue weighted by Gasteiger charge is 2.23. The number of carbonyl (C=O) groups excluding carboxylic acids is 1. The Morgan fingerprint density at radius 2 is 1.77 bits per heavy atom. The van der Waals surface area contributed by atoms with E-state index in [4.69, 9.17) is 4.74 Å². The van der Waals surface area contributed by atoms with Crippen LogP contribution in [0.4, 0.5) is 16.3 Å². The van der Waals surface area contributed by atoms with Gasteiger partial charge in [0.15, 0.2) is 5.82 Å². The first-order valence-corrected chi connectivity index (χ1v) is 9.85. The van der Waals surface area contributed by atoms with Crippen LogP contribution in [0.15, 0.2) is 42.7 Å². The Hall–Kier alpha value is -3.62. The van der Waals surface area contributed by atoms with Crippen molar-refractivity contribution in [1.82, 2.24) is 24.6 Å². The highest BCUT2D eigenvalue weighted by Crippen LogP contribution is 2.24. The van der Waals surface area contributed by atoms with E-state index in [0.29, 0.717) is 37.6 Å². The summed E-state index contributed by atoms with van der Waals surface area (Å²) in [6, 6.07) is 11.2. The minimum absolute atomic E-state index is 0.134.